The molecular weight excluding hydrogens is 342 g/mol. The van der Waals surface area contributed by atoms with Crippen molar-refractivity contribution in [3.05, 3.63) is 58.0 Å². The number of hydrogen-bond acceptors (Lipinski definition) is 5. The second-order valence-electron chi connectivity index (χ2n) is 5.62. The lowest BCUT2D eigenvalue weighted by Gasteiger charge is -2.17. The second-order valence-corrected chi connectivity index (χ2v) is 6.06. The first-order valence-corrected chi connectivity index (χ1v) is 8.19. The fraction of sp³-hybridized carbons (Fsp3) is 0.222. The van der Waals surface area contributed by atoms with Crippen LogP contribution in [0.4, 0.5) is 5.82 Å². The zero-order valence-electron chi connectivity index (χ0n) is 13.9. The first-order chi connectivity index (χ1) is 12.0. The average Bonchev–Trinajstić information content (AvgIpc) is 2.59. The summed E-state index contributed by atoms with van der Waals surface area (Å²) in [4.78, 5) is 16.7. The zero-order chi connectivity index (χ0) is 18.0. The molecule has 25 heavy (non-hydrogen) atoms. The Balaban J connectivity index is 2.35. The molecule has 2 aromatic carbocycles. The van der Waals surface area contributed by atoms with Crippen molar-refractivity contribution < 1.29 is 9.84 Å². The minimum atomic E-state index is -0.639. The molecule has 3 rings (SSSR count). The summed E-state index contributed by atoms with van der Waals surface area (Å²) >= 11 is 6.25. The summed E-state index contributed by atoms with van der Waals surface area (Å²) < 4.78 is 7.19. The highest BCUT2D eigenvalue weighted by Crippen LogP contribution is 2.34. The number of hydrogen-bond donors (Lipinski definition) is 2. The lowest BCUT2D eigenvalue weighted by molar-refractivity contribution is 0.123. The van der Waals surface area contributed by atoms with Crippen molar-refractivity contribution in [2.75, 3.05) is 19.0 Å². The van der Waals surface area contributed by atoms with Crippen LogP contribution in [0.3, 0.4) is 0 Å². The van der Waals surface area contributed by atoms with Gasteiger partial charge in [-0.2, -0.15) is 4.98 Å². The van der Waals surface area contributed by atoms with E-state index in [1.54, 1.807) is 26.1 Å². The van der Waals surface area contributed by atoms with E-state index in [0.717, 1.165) is 0 Å². The number of anilines is 1. The molecule has 0 saturated carbocycles. The van der Waals surface area contributed by atoms with Gasteiger partial charge in [-0.15, -0.1) is 0 Å². The summed E-state index contributed by atoms with van der Waals surface area (Å²) in [7, 11) is 1.68. The highest BCUT2D eigenvalue weighted by atomic mass is 35.5. The Morgan fingerprint density at radius 3 is 2.68 bits per heavy atom. The first-order valence-electron chi connectivity index (χ1n) is 7.81. The molecular formula is C18H18ClN3O3. The molecule has 1 atom stereocenters. The number of para-hydroxylation sites is 1. The van der Waals surface area contributed by atoms with Crippen LogP contribution >= 0.6 is 11.6 Å². The Kier molecular flexibility index (Phi) is 4.92. The maximum absolute atomic E-state index is 12.6. The molecule has 0 spiro atoms. The summed E-state index contributed by atoms with van der Waals surface area (Å²) in [5, 5.41) is 13.5. The van der Waals surface area contributed by atoms with Gasteiger partial charge < -0.3 is 15.2 Å². The Bertz CT molecular complexity index is 955. The number of ether oxygens (including phenoxy) is 1. The van der Waals surface area contributed by atoms with Crippen LogP contribution in [0.25, 0.3) is 16.6 Å². The number of nitrogens with one attached hydrogen (secondary N) is 1. The zero-order valence-corrected chi connectivity index (χ0v) is 14.6. The quantitative estimate of drug-likeness (QED) is 0.732. The highest BCUT2D eigenvalue weighted by molar-refractivity contribution is 6.31. The second kappa shape index (κ2) is 7.13. The van der Waals surface area contributed by atoms with E-state index in [0.29, 0.717) is 33.2 Å². The van der Waals surface area contributed by atoms with Crippen LogP contribution in [0.15, 0.2) is 47.3 Å². The van der Waals surface area contributed by atoms with Gasteiger partial charge in [-0.3, -0.25) is 4.57 Å². The van der Waals surface area contributed by atoms with Gasteiger partial charge in [0.15, 0.2) is 0 Å². The molecule has 0 radical (unpaired) electrons. The molecule has 1 aromatic heterocycles. The first kappa shape index (κ1) is 17.3. The maximum Gasteiger partial charge on any atom is 0.354 e. The van der Waals surface area contributed by atoms with Crippen molar-refractivity contribution in [1.29, 1.82) is 0 Å². The number of fused-ring (bicyclic) bond motifs is 1. The molecule has 0 amide bonds. The van der Waals surface area contributed by atoms with E-state index in [9.17, 15) is 9.90 Å². The third-order valence-electron chi connectivity index (χ3n) is 3.65. The SMILES string of the molecule is CNc1nc(=O)n(-c2ccccc2)c2cc(Cl)cc(OCC(C)O)c12. The van der Waals surface area contributed by atoms with Gasteiger partial charge in [-0.05, 0) is 31.2 Å². The van der Waals surface area contributed by atoms with Gasteiger partial charge in [0.05, 0.1) is 22.7 Å². The third kappa shape index (κ3) is 3.45. The van der Waals surface area contributed by atoms with Crippen LogP contribution < -0.4 is 15.7 Å². The Morgan fingerprint density at radius 1 is 1.32 bits per heavy atom. The molecule has 0 aliphatic heterocycles. The number of aliphatic hydroxyl groups is 1. The molecule has 0 aliphatic carbocycles. The number of halogens is 1. The lowest BCUT2D eigenvalue weighted by atomic mass is 10.2. The van der Waals surface area contributed by atoms with E-state index in [2.05, 4.69) is 10.3 Å². The molecule has 7 heteroatoms. The molecule has 1 unspecified atom stereocenters. The molecule has 0 bridgehead atoms. The normalized spacial score (nSPS) is 12.2. The molecule has 2 N–H and O–H groups in total. The van der Waals surface area contributed by atoms with Crippen LogP contribution in [-0.2, 0) is 0 Å². The molecule has 130 valence electrons. The minimum Gasteiger partial charge on any atom is -0.490 e. The van der Waals surface area contributed by atoms with Crippen molar-refractivity contribution in [1.82, 2.24) is 9.55 Å². The number of aromatic nitrogens is 2. The van der Waals surface area contributed by atoms with Crippen LogP contribution in [0.2, 0.25) is 5.02 Å². The minimum absolute atomic E-state index is 0.100. The summed E-state index contributed by atoms with van der Waals surface area (Å²) in [5.74, 6) is 0.842. The number of benzene rings is 2. The Morgan fingerprint density at radius 2 is 2.04 bits per heavy atom. The monoisotopic (exact) mass is 359 g/mol. The fourth-order valence-electron chi connectivity index (χ4n) is 2.62. The third-order valence-corrected chi connectivity index (χ3v) is 3.87. The van der Waals surface area contributed by atoms with E-state index in [-0.39, 0.29) is 6.61 Å². The van der Waals surface area contributed by atoms with E-state index >= 15 is 0 Å². The van der Waals surface area contributed by atoms with Gasteiger partial charge in [0.25, 0.3) is 0 Å². The van der Waals surface area contributed by atoms with Gasteiger partial charge in [-0.25, -0.2) is 4.79 Å². The number of rotatable bonds is 5. The Hall–Kier alpha value is -2.57. The molecule has 0 fully saturated rings. The van der Waals surface area contributed by atoms with E-state index in [1.807, 2.05) is 30.3 Å². The standard InChI is InChI=1S/C18H18ClN3O3/c1-11(23)10-25-15-9-12(19)8-14-16(15)17(20-2)21-18(24)22(14)13-6-4-3-5-7-13/h3-9,11,23H,10H2,1-2H3,(H,20,21,24). The van der Waals surface area contributed by atoms with Gasteiger partial charge in [0.1, 0.15) is 18.2 Å². The van der Waals surface area contributed by atoms with Crippen LogP contribution in [0.1, 0.15) is 6.92 Å². The van der Waals surface area contributed by atoms with Gasteiger partial charge >= 0.3 is 5.69 Å². The summed E-state index contributed by atoms with van der Waals surface area (Å²) in [6, 6.07) is 12.5. The van der Waals surface area contributed by atoms with Crippen LogP contribution in [0, 0.1) is 0 Å². The van der Waals surface area contributed by atoms with E-state index in [1.165, 1.54) is 4.57 Å². The lowest BCUT2D eigenvalue weighted by Crippen LogP contribution is -2.23. The van der Waals surface area contributed by atoms with Gasteiger partial charge in [0.2, 0.25) is 0 Å². The van der Waals surface area contributed by atoms with Crippen molar-refractivity contribution in [3.63, 3.8) is 0 Å². The Labute approximate surface area is 149 Å². The van der Waals surface area contributed by atoms with Crippen molar-refractivity contribution >= 4 is 28.3 Å². The predicted octanol–water partition coefficient (Wildman–Crippen LogP) is 2.84. The summed E-state index contributed by atoms with van der Waals surface area (Å²) in [6.07, 6.45) is -0.639. The van der Waals surface area contributed by atoms with E-state index < -0.39 is 11.8 Å². The number of nitrogens with zero attached hydrogens (tertiary/aromatic N) is 2. The van der Waals surface area contributed by atoms with Crippen molar-refractivity contribution in [2.45, 2.75) is 13.0 Å². The van der Waals surface area contributed by atoms with Crippen LogP contribution in [-0.4, -0.2) is 34.4 Å². The fourth-order valence-corrected chi connectivity index (χ4v) is 2.82. The van der Waals surface area contributed by atoms with Crippen molar-refractivity contribution in [2.24, 2.45) is 0 Å². The smallest absolute Gasteiger partial charge is 0.354 e. The number of aliphatic hydroxyl groups excluding tert-OH is 1. The molecule has 0 saturated heterocycles. The van der Waals surface area contributed by atoms with Gasteiger partial charge in [0, 0.05) is 12.1 Å². The summed E-state index contributed by atoms with van der Waals surface area (Å²) in [5.41, 5.74) is 0.826. The largest absolute Gasteiger partial charge is 0.490 e. The molecule has 3 aromatic rings. The maximum atomic E-state index is 12.6. The highest BCUT2D eigenvalue weighted by Gasteiger charge is 2.17. The van der Waals surface area contributed by atoms with Crippen LogP contribution in [0.5, 0.6) is 5.75 Å². The molecule has 1 heterocycles. The summed E-state index contributed by atoms with van der Waals surface area (Å²) in [6.45, 7) is 1.73. The van der Waals surface area contributed by atoms with Crippen molar-refractivity contribution in [3.8, 4) is 11.4 Å². The molecule has 6 nitrogen and oxygen atoms in total. The topological polar surface area (TPSA) is 76.4 Å². The van der Waals surface area contributed by atoms with Gasteiger partial charge in [-0.1, -0.05) is 29.8 Å². The predicted molar refractivity (Wildman–Crippen MR) is 99.1 cm³/mol. The molecule has 0 aliphatic rings. The average molecular weight is 360 g/mol. The van der Waals surface area contributed by atoms with E-state index in [4.69, 9.17) is 16.3 Å².